The van der Waals surface area contributed by atoms with Gasteiger partial charge in [0.2, 0.25) is 28.6 Å². The van der Waals surface area contributed by atoms with Crippen LogP contribution >= 0.6 is 0 Å². The first-order valence-electron chi connectivity index (χ1n) is 18.2. The van der Waals surface area contributed by atoms with E-state index in [1.54, 1.807) is 39.1 Å². The molecule has 0 radical (unpaired) electrons. The van der Waals surface area contributed by atoms with E-state index in [9.17, 15) is 32.4 Å². The highest BCUT2D eigenvalue weighted by atomic mass is 32.2. The summed E-state index contributed by atoms with van der Waals surface area (Å²) in [6.07, 6.45) is 2.39. The molecule has 286 valence electrons. The smallest absolute Gasteiger partial charge is 0.410 e. The maximum atomic E-state index is 14.2. The number of sulfonamides is 1. The highest BCUT2D eigenvalue weighted by Gasteiger charge is 2.62. The lowest BCUT2D eigenvalue weighted by molar-refractivity contribution is -0.141. The second kappa shape index (κ2) is 15.0. The van der Waals surface area contributed by atoms with Gasteiger partial charge >= 0.3 is 12.2 Å². The Balaban J connectivity index is 1.18. The average Bonchev–Trinajstić information content (AvgIpc) is 3.88. The van der Waals surface area contributed by atoms with Crippen molar-refractivity contribution in [3.63, 3.8) is 0 Å². The van der Waals surface area contributed by atoms with Crippen LogP contribution in [0.15, 0.2) is 18.2 Å². The van der Waals surface area contributed by atoms with Gasteiger partial charge in [-0.25, -0.2) is 18.0 Å². The van der Waals surface area contributed by atoms with Gasteiger partial charge in [0.15, 0.2) is 11.5 Å². The number of nitrogens with zero attached hydrogens (tertiary/aromatic N) is 2. The number of likely N-dealkylation sites (tertiary alicyclic amines) is 1. The van der Waals surface area contributed by atoms with E-state index in [4.69, 9.17) is 18.9 Å². The first-order chi connectivity index (χ1) is 24.7. The van der Waals surface area contributed by atoms with Gasteiger partial charge in [0.05, 0.1) is 11.8 Å². The molecule has 2 heterocycles. The number of carbonyl (C=O) groups excluding carboxylic acids is 5. The normalized spacial score (nSPS) is 25.7. The van der Waals surface area contributed by atoms with Crippen LogP contribution in [0, 0.1) is 11.8 Å². The molecule has 3 N–H and O–H groups in total. The van der Waals surface area contributed by atoms with E-state index in [-0.39, 0.29) is 44.7 Å². The summed E-state index contributed by atoms with van der Waals surface area (Å²) in [4.78, 5) is 70.6. The van der Waals surface area contributed by atoms with E-state index in [1.807, 2.05) is 6.92 Å². The summed E-state index contributed by atoms with van der Waals surface area (Å²) in [7, 11) is -2.33. The minimum Gasteiger partial charge on any atom is -0.454 e. The second-order valence-corrected chi connectivity index (χ2v) is 16.9. The Morgan fingerprint density at radius 1 is 1.02 bits per heavy atom. The van der Waals surface area contributed by atoms with Crippen molar-refractivity contribution in [2.24, 2.45) is 11.8 Å². The van der Waals surface area contributed by atoms with E-state index in [0.717, 1.165) is 31.2 Å². The van der Waals surface area contributed by atoms with Crippen LogP contribution in [-0.4, -0.2) is 104 Å². The molecule has 5 aliphatic rings. The van der Waals surface area contributed by atoms with Crippen LogP contribution in [0.3, 0.4) is 0 Å². The Hall–Kier alpha value is -4.28. The van der Waals surface area contributed by atoms with Crippen LogP contribution < -0.4 is 24.8 Å². The standard InChI is InChI=1S/C35H49N5O11S/c1-5-22-16-35(22,32(43)38-52(46,47)25-11-12-25)37-30(41)26-15-24(51-34(45)39(4)17-21-10-13-27-28(14-21)49-19-48-27)18-40(26)31(42)29(20(2)3)36-33(44)50-23-8-6-7-9-23/h10,13-14,20,22-26,29H,5-9,11-12,15-19H2,1-4H3,(H,36,44)(H,37,41)(H,38,43)/t22-,24+,26?,29-,35-/m0/s1. The molecule has 5 atom stereocenters. The molecule has 1 unspecified atom stereocenters. The van der Waals surface area contributed by atoms with Crippen LogP contribution in [-0.2, 0) is 40.4 Å². The lowest BCUT2D eigenvalue weighted by atomic mass is 10.0. The number of hydrogen-bond donors (Lipinski definition) is 3. The minimum absolute atomic E-state index is 0.0899. The fraction of sp³-hybridized carbons (Fsp3) is 0.686. The number of amides is 5. The minimum atomic E-state index is -3.88. The fourth-order valence-electron chi connectivity index (χ4n) is 7.29. The predicted molar refractivity (Wildman–Crippen MR) is 184 cm³/mol. The van der Waals surface area contributed by atoms with Crippen molar-refractivity contribution < 1.29 is 51.3 Å². The number of fused-ring (bicyclic) bond motifs is 1. The van der Waals surface area contributed by atoms with Crippen LogP contribution in [0.2, 0.25) is 0 Å². The Labute approximate surface area is 303 Å². The van der Waals surface area contributed by atoms with Crippen molar-refractivity contribution in [1.82, 2.24) is 25.2 Å². The van der Waals surface area contributed by atoms with Gasteiger partial charge in [0.1, 0.15) is 29.8 Å². The molecular formula is C35H49N5O11S. The summed E-state index contributed by atoms with van der Waals surface area (Å²) >= 11 is 0. The fourth-order valence-corrected chi connectivity index (χ4v) is 8.66. The maximum Gasteiger partial charge on any atom is 0.410 e. The molecule has 0 bridgehead atoms. The first kappa shape index (κ1) is 37.5. The SMILES string of the molecule is CC[C@H]1C[C@@]1(NC(=O)C1C[C@@H](OC(=O)N(C)Cc2ccc3c(c2)OCO3)CN1C(=O)[C@@H](NC(=O)OC1CCCC1)C(C)C)C(=O)NS(=O)(=O)C1CC1. The molecule has 0 aromatic heterocycles. The number of ether oxygens (including phenoxy) is 4. The molecule has 4 fully saturated rings. The molecule has 52 heavy (non-hydrogen) atoms. The number of alkyl carbamates (subject to hydrolysis) is 1. The summed E-state index contributed by atoms with van der Waals surface area (Å²) in [6.45, 7) is 5.48. The molecule has 1 aromatic carbocycles. The van der Waals surface area contributed by atoms with Crippen molar-refractivity contribution >= 4 is 39.9 Å². The molecule has 1 aromatic rings. The third-order valence-corrected chi connectivity index (χ3v) is 12.4. The van der Waals surface area contributed by atoms with Gasteiger partial charge in [-0.05, 0) is 74.5 Å². The molecule has 5 amide bonds. The molecule has 17 heteroatoms. The van der Waals surface area contributed by atoms with Gasteiger partial charge < -0.3 is 39.4 Å². The zero-order valence-corrected chi connectivity index (χ0v) is 30.9. The van der Waals surface area contributed by atoms with Gasteiger partial charge in [0, 0.05) is 20.0 Å². The van der Waals surface area contributed by atoms with Crippen LogP contribution in [0.1, 0.15) is 84.1 Å². The van der Waals surface area contributed by atoms with Crippen molar-refractivity contribution in [2.75, 3.05) is 20.4 Å². The van der Waals surface area contributed by atoms with Gasteiger partial charge in [-0.2, -0.15) is 0 Å². The predicted octanol–water partition coefficient (Wildman–Crippen LogP) is 2.54. The lowest BCUT2D eigenvalue weighted by Gasteiger charge is -2.31. The molecule has 16 nitrogen and oxygen atoms in total. The Morgan fingerprint density at radius 2 is 1.73 bits per heavy atom. The van der Waals surface area contributed by atoms with E-state index in [1.165, 1.54) is 9.80 Å². The lowest BCUT2D eigenvalue weighted by Crippen LogP contribution is -2.59. The first-order valence-corrected chi connectivity index (χ1v) is 19.7. The maximum absolute atomic E-state index is 14.2. The van der Waals surface area contributed by atoms with E-state index in [2.05, 4.69) is 15.4 Å². The van der Waals surface area contributed by atoms with E-state index < -0.39 is 74.8 Å². The topological polar surface area (TPSA) is 199 Å². The van der Waals surface area contributed by atoms with Gasteiger partial charge in [-0.1, -0.05) is 33.3 Å². The van der Waals surface area contributed by atoms with E-state index in [0.29, 0.717) is 30.8 Å². The Morgan fingerprint density at radius 3 is 2.38 bits per heavy atom. The number of nitrogens with one attached hydrogen (secondary N) is 3. The Kier molecular flexibility index (Phi) is 10.8. The van der Waals surface area contributed by atoms with Crippen molar-refractivity contribution in [3.05, 3.63) is 23.8 Å². The summed E-state index contributed by atoms with van der Waals surface area (Å²) in [5.74, 6) is -1.62. The number of hydrogen-bond acceptors (Lipinski definition) is 11. The second-order valence-electron chi connectivity index (χ2n) is 14.9. The van der Waals surface area contributed by atoms with Crippen molar-refractivity contribution in [2.45, 2.75) is 120 Å². The highest BCUT2D eigenvalue weighted by Crippen LogP contribution is 2.47. The van der Waals surface area contributed by atoms with Gasteiger partial charge in [-0.15, -0.1) is 0 Å². The largest absolute Gasteiger partial charge is 0.454 e. The summed E-state index contributed by atoms with van der Waals surface area (Å²) in [6, 6.07) is 3.05. The van der Waals surface area contributed by atoms with Gasteiger partial charge in [0.25, 0.3) is 5.91 Å². The summed E-state index contributed by atoms with van der Waals surface area (Å²) in [5, 5.41) is 4.84. The molecule has 2 aliphatic heterocycles. The molecular weight excluding hydrogens is 698 g/mol. The Bertz CT molecular complexity index is 1680. The average molecular weight is 748 g/mol. The number of rotatable bonds is 13. The quantitative estimate of drug-likeness (QED) is 0.268. The van der Waals surface area contributed by atoms with Crippen LogP contribution in [0.25, 0.3) is 0 Å². The zero-order chi connectivity index (χ0) is 37.4. The van der Waals surface area contributed by atoms with Crippen LogP contribution in [0.5, 0.6) is 11.5 Å². The summed E-state index contributed by atoms with van der Waals surface area (Å²) in [5.41, 5.74) is -0.704. The highest BCUT2D eigenvalue weighted by molar-refractivity contribution is 7.91. The summed E-state index contributed by atoms with van der Waals surface area (Å²) < 4.78 is 49.6. The van der Waals surface area contributed by atoms with Crippen molar-refractivity contribution in [3.8, 4) is 11.5 Å². The van der Waals surface area contributed by atoms with Crippen LogP contribution in [0.4, 0.5) is 9.59 Å². The monoisotopic (exact) mass is 747 g/mol. The third-order valence-electron chi connectivity index (χ3n) is 10.6. The molecule has 0 spiro atoms. The number of carbonyl (C=O) groups is 5. The molecule has 3 saturated carbocycles. The van der Waals surface area contributed by atoms with Crippen molar-refractivity contribution in [1.29, 1.82) is 0 Å². The molecule has 3 aliphatic carbocycles. The zero-order valence-electron chi connectivity index (χ0n) is 30.1. The number of benzene rings is 1. The molecule has 1 saturated heterocycles. The third kappa shape index (κ3) is 8.18. The van der Waals surface area contributed by atoms with E-state index >= 15 is 0 Å². The molecule has 6 rings (SSSR count). The van der Waals surface area contributed by atoms with Gasteiger partial charge in [-0.3, -0.25) is 19.1 Å².